The maximum Gasteiger partial charge on any atom is 0.0282 e. The summed E-state index contributed by atoms with van der Waals surface area (Å²) in [5, 5.41) is 3.87. The van der Waals surface area contributed by atoms with E-state index in [1.165, 1.54) is 70.8 Å². The van der Waals surface area contributed by atoms with Crippen LogP contribution in [0.5, 0.6) is 0 Å². The fourth-order valence-electron chi connectivity index (χ4n) is 2.55. The minimum atomic E-state index is 0.619. The second-order valence-electron chi connectivity index (χ2n) is 5.96. The van der Waals surface area contributed by atoms with Crippen LogP contribution in [0, 0.1) is 0 Å². The number of nitrogens with one attached hydrogen (secondary N) is 1. The molecule has 0 aromatic carbocycles. The normalized spacial score (nSPS) is 17.3. The first-order valence-electron chi connectivity index (χ1n) is 8.05. The highest BCUT2D eigenvalue weighted by Gasteiger charge is 2.41. The molecule has 0 radical (unpaired) electrons. The molecule has 1 rings (SSSR count). The maximum atomic E-state index is 3.87. The molecule has 1 fully saturated rings. The van der Waals surface area contributed by atoms with E-state index in [1.54, 1.807) is 0 Å². The molecular formula is C16H33NS. The van der Waals surface area contributed by atoms with Gasteiger partial charge in [0.2, 0.25) is 0 Å². The highest BCUT2D eigenvalue weighted by molar-refractivity contribution is 8.00. The van der Waals surface area contributed by atoms with Gasteiger partial charge < -0.3 is 5.32 Å². The van der Waals surface area contributed by atoms with Gasteiger partial charge in [0.05, 0.1) is 0 Å². The monoisotopic (exact) mass is 271 g/mol. The zero-order valence-electron chi connectivity index (χ0n) is 12.8. The van der Waals surface area contributed by atoms with Crippen molar-refractivity contribution in [2.75, 3.05) is 12.8 Å². The van der Waals surface area contributed by atoms with E-state index in [-0.39, 0.29) is 0 Å². The van der Waals surface area contributed by atoms with Gasteiger partial charge in [0.25, 0.3) is 0 Å². The topological polar surface area (TPSA) is 12.0 Å². The van der Waals surface area contributed by atoms with Gasteiger partial charge in [0.1, 0.15) is 0 Å². The molecule has 0 aromatic rings. The van der Waals surface area contributed by atoms with E-state index in [1.807, 2.05) is 0 Å². The predicted octanol–water partition coefficient (Wildman–Crippen LogP) is 5.00. The number of unbranched alkanes of at least 4 members (excludes halogenated alkanes) is 4. The molecule has 0 heterocycles. The van der Waals surface area contributed by atoms with Gasteiger partial charge in [-0.1, -0.05) is 52.4 Å². The molecule has 0 saturated heterocycles. The van der Waals surface area contributed by atoms with Crippen LogP contribution in [0.2, 0.25) is 0 Å². The van der Waals surface area contributed by atoms with Crippen molar-refractivity contribution in [3.05, 3.63) is 0 Å². The van der Waals surface area contributed by atoms with Crippen LogP contribution < -0.4 is 5.32 Å². The van der Waals surface area contributed by atoms with Crippen molar-refractivity contribution in [3.8, 4) is 0 Å². The Hall–Kier alpha value is 0.310. The average molecular weight is 272 g/mol. The minimum Gasteiger partial charge on any atom is -0.313 e. The Morgan fingerprint density at radius 1 is 1.00 bits per heavy atom. The molecule has 0 atom stereocenters. The summed E-state index contributed by atoms with van der Waals surface area (Å²) >= 11 is 2.07. The van der Waals surface area contributed by atoms with Gasteiger partial charge in [-0.25, -0.2) is 0 Å². The lowest BCUT2D eigenvalue weighted by Crippen LogP contribution is -2.35. The Kier molecular flexibility index (Phi) is 8.41. The zero-order valence-corrected chi connectivity index (χ0v) is 13.6. The second-order valence-corrected chi connectivity index (χ2v) is 7.23. The van der Waals surface area contributed by atoms with Crippen molar-refractivity contribution in [2.45, 2.75) is 88.8 Å². The zero-order chi connectivity index (χ0) is 13.3. The fraction of sp³-hybridized carbons (Fsp3) is 1.00. The van der Waals surface area contributed by atoms with Crippen molar-refractivity contribution in [2.24, 2.45) is 0 Å². The molecule has 0 aliphatic heterocycles. The molecule has 0 aromatic heterocycles. The molecular weight excluding hydrogens is 238 g/mol. The summed E-state index contributed by atoms with van der Waals surface area (Å²) in [4.78, 5) is 0. The largest absolute Gasteiger partial charge is 0.313 e. The van der Waals surface area contributed by atoms with E-state index in [4.69, 9.17) is 0 Å². The Balaban J connectivity index is 2.19. The third-order valence-electron chi connectivity index (χ3n) is 4.27. The number of hydrogen-bond donors (Lipinski definition) is 1. The predicted molar refractivity (Wildman–Crippen MR) is 85.6 cm³/mol. The van der Waals surface area contributed by atoms with E-state index < -0.39 is 0 Å². The lowest BCUT2D eigenvalue weighted by atomic mass is 10.0. The third-order valence-corrected chi connectivity index (χ3v) is 5.68. The van der Waals surface area contributed by atoms with Crippen LogP contribution in [0.15, 0.2) is 0 Å². The van der Waals surface area contributed by atoms with Gasteiger partial charge in [0, 0.05) is 17.3 Å². The van der Waals surface area contributed by atoms with Crippen molar-refractivity contribution < 1.29 is 0 Å². The van der Waals surface area contributed by atoms with Gasteiger partial charge >= 0.3 is 0 Å². The SMILES string of the molecule is CCCCCC(CCCCC)NCC1(SC)CC1. The Labute approximate surface area is 119 Å². The molecule has 0 unspecified atom stereocenters. The average Bonchev–Trinajstić information content (AvgIpc) is 3.16. The smallest absolute Gasteiger partial charge is 0.0282 e. The van der Waals surface area contributed by atoms with Gasteiger partial charge in [-0.2, -0.15) is 11.8 Å². The first-order chi connectivity index (χ1) is 8.76. The summed E-state index contributed by atoms with van der Waals surface area (Å²) < 4.78 is 0.619. The summed E-state index contributed by atoms with van der Waals surface area (Å²) in [5.74, 6) is 0. The maximum absolute atomic E-state index is 3.87. The van der Waals surface area contributed by atoms with Crippen LogP contribution >= 0.6 is 11.8 Å². The lowest BCUT2D eigenvalue weighted by Gasteiger charge is -2.22. The van der Waals surface area contributed by atoms with E-state index in [0.717, 1.165) is 6.04 Å². The molecule has 1 N–H and O–H groups in total. The number of thioether (sulfide) groups is 1. The van der Waals surface area contributed by atoms with Crippen LogP contribution in [0.1, 0.15) is 78.1 Å². The molecule has 1 saturated carbocycles. The number of rotatable bonds is 12. The van der Waals surface area contributed by atoms with Crippen molar-refractivity contribution in [1.82, 2.24) is 5.32 Å². The van der Waals surface area contributed by atoms with Crippen LogP contribution in [0.4, 0.5) is 0 Å². The van der Waals surface area contributed by atoms with Crippen molar-refractivity contribution in [3.63, 3.8) is 0 Å². The molecule has 1 nitrogen and oxygen atoms in total. The fourth-order valence-corrected chi connectivity index (χ4v) is 3.29. The Morgan fingerprint density at radius 3 is 1.94 bits per heavy atom. The third kappa shape index (κ3) is 6.47. The van der Waals surface area contributed by atoms with Crippen molar-refractivity contribution in [1.29, 1.82) is 0 Å². The highest BCUT2D eigenvalue weighted by Crippen LogP contribution is 2.46. The molecule has 1 aliphatic carbocycles. The van der Waals surface area contributed by atoms with Crippen LogP contribution in [-0.2, 0) is 0 Å². The summed E-state index contributed by atoms with van der Waals surface area (Å²) in [6.07, 6.45) is 16.2. The van der Waals surface area contributed by atoms with Gasteiger partial charge in [0.15, 0.2) is 0 Å². The van der Waals surface area contributed by atoms with Crippen LogP contribution in [-0.4, -0.2) is 23.6 Å². The molecule has 0 bridgehead atoms. The molecule has 0 spiro atoms. The molecule has 2 heteroatoms. The summed E-state index contributed by atoms with van der Waals surface area (Å²) in [6.45, 7) is 5.84. The summed E-state index contributed by atoms with van der Waals surface area (Å²) in [7, 11) is 0. The van der Waals surface area contributed by atoms with Crippen LogP contribution in [0.25, 0.3) is 0 Å². The van der Waals surface area contributed by atoms with E-state index in [9.17, 15) is 0 Å². The van der Waals surface area contributed by atoms with E-state index in [2.05, 4.69) is 37.2 Å². The van der Waals surface area contributed by atoms with E-state index in [0.29, 0.717) is 4.75 Å². The standard InChI is InChI=1S/C16H33NS/c1-4-6-8-10-15(11-9-7-5-2)17-14-16(18-3)12-13-16/h15,17H,4-14H2,1-3H3. The molecule has 0 amide bonds. The van der Waals surface area contributed by atoms with Crippen molar-refractivity contribution >= 4 is 11.8 Å². The Bertz CT molecular complexity index is 191. The molecule has 108 valence electrons. The second kappa shape index (κ2) is 9.25. The molecule has 1 aliphatic rings. The lowest BCUT2D eigenvalue weighted by molar-refractivity contribution is 0.417. The minimum absolute atomic E-state index is 0.619. The van der Waals surface area contributed by atoms with Gasteiger partial charge in [-0.05, 0) is 31.9 Å². The van der Waals surface area contributed by atoms with Gasteiger partial charge in [-0.15, -0.1) is 0 Å². The van der Waals surface area contributed by atoms with E-state index >= 15 is 0 Å². The van der Waals surface area contributed by atoms with Gasteiger partial charge in [-0.3, -0.25) is 0 Å². The number of hydrogen-bond acceptors (Lipinski definition) is 2. The Morgan fingerprint density at radius 2 is 1.56 bits per heavy atom. The molecule has 18 heavy (non-hydrogen) atoms. The summed E-state index contributed by atoms with van der Waals surface area (Å²) in [5.41, 5.74) is 0. The first kappa shape index (κ1) is 16.4. The highest BCUT2D eigenvalue weighted by atomic mass is 32.2. The quantitative estimate of drug-likeness (QED) is 0.501. The summed E-state index contributed by atoms with van der Waals surface area (Å²) in [6, 6.07) is 0.785. The van der Waals surface area contributed by atoms with Crippen LogP contribution in [0.3, 0.4) is 0 Å². The first-order valence-corrected chi connectivity index (χ1v) is 9.27.